The number of carbonyl (C=O) groups excluding carboxylic acids is 1. The Balaban J connectivity index is 1.95. The molecule has 1 N–H and O–H groups in total. The predicted octanol–water partition coefficient (Wildman–Crippen LogP) is 1.05. The van der Waals surface area contributed by atoms with Crippen molar-refractivity contribution in [1.29, 1.82) is 0 Å². The summed E-state index contributed by atoms with van der Waals surface area (Å²) in [6.07, 6.45) is 4.61. The van der Waals surface area contributed by atoms with E-state index in [1.807, 2.05) is 24.0 Å². The third-order valence-electron chi connectivity index (χ3n) is 3.27. The smallest absolute Gasteiger partial charge is 0.323 e. The molecular weight excluding hydrogens is 218 g/mol. The molecular formula is C12H19N3O2. The quantitative estimate of drug-likeness (QED) is 0.795. The fraction of sp³-hybridized carbons (Fsp3) is 0.667. The van der Waals surface area contributed by atoms with Gasteiger partial charge >= 0.3 is 5.97 Å². The molecule has 0 spiro atoms. The lowest BCUT2D eigenvalue weighted by Crippen LogP contribution is -2.43. The van der Waals surface area contributed by atoms with E-state index in [9.17, 15) is 4.79 Å². The van der Waals surface area contributed by atoms with Crippen LogP contribution in [0.5, 0.6) is 0 Å². The van der Waals surface area contributed by atoms with E-state index in [4.69, 9.17) is 4.74 Å². The van der Waals surface area contributed by atoms with Crippen molar-refractivity contribution in [1.82, 2.24) is 15.1 Å². The van der Waals surface area contributed by atoms with Gasteiger partial charge in [0.05, 0.1) is 18.8 Å². The van der Waals surface area contributed by atoms with Gasteiger partial charge in [0.2, 0.25) is 0 Å². The maximum absolute atomic E-state index is 11.4. The fourth-order valence-corrected chi connectivity index (χ4v) is 1.99. The van der Waals surface area contributed by atoms with Crippen LogP contribution in [0, 0.1) is 6.92 Å². The maximum atomic E-state index is 11.4. The molecule has 0 radical (unpaired) electrons. The molecule has 1 aliphatic heterocycles. The molecule has 0 amide bonds. The van der Waals surface area contributed by atoms with Crippen LogP contribution >= 0.6 is 0 Å². The van der Waals surface area contributed by atoms with Crippen molar-refractivity contribution in [2.75, 3.05) is 6.61 Å². The van der Waals surface area contributed by atoms with Crippen LogP contribution in [0.1, 0.15) is 31.9 Å². The first-order valence-electron chi connectivity index (χ1n) is 6.01. The van der Waals surface area contributed by atoms with Gasteiger partial charge in [-0.2, -0.15) is 5.10 Å². The zero-order valence-electron chi connectivity index (χ0n) is 10.5. The van der Waals surface area contributed by atoms with E-state index in [2.05, 4.69) is 24.3 Å². The summed E-state index contributed by atoms with van der Waals surface area (Å²) in [6, 6.07) is 0.214. The number of aromatic nitrogens is 2. The van der Waals surface area contributed by atoms with Crippen molar-refractivity contribution < 1.29 is 9.53 Å². The average Bonchev–Trinajstić information content (AvgIpc) is 2.88. The van der Waals surface area contributed by atoms with E-state index < -0.39 is 0 Å². The van der Waals surface area contributed by atoms with E-state index >= 15 is 0 Å². The highest BCUT2D eigenvalue weighted by Gasteiger charge is 2.29. The lowest BCUT2D eigenvalue weighted by Gasteiger charge is -2.23. The Morgan fingerprint density at radius 1 is 1.59 bits per heavy atom. The van der Waals surface area contributed by atoms with Crippen LogP contribution in [0.25, 0.3) is 0 Å². The minimum Gasteiger partial charge on any atom is -0.464 e. The molecule has 5 heteroatoms. The molecule has 0 bridgehead atoms. The first kappa shape index (κ1) is 12.1. The molecule has 17 heavy (non-hydrogen) atoms. The summed E-state index contributed by atoms with van der Waals surface area (Å²) < 4.78 is 6.86. The molecule has 1 fully saturated rings. The molecule has 1 aromatic rings. The number of nitrogens with one attached hydrogen (secondary N) is 1. The van der Waals surface area contributed by atoms with Gasteiger partial charge in [0, 0.05) is 18.7 Å². The van der Waals surface area contributed by atoms with Gasteiger partial charge in [-0.15, -0.1) is 0 Å². The summed E-state index contributed by atoms with van der Waals surface area (Å²) in [4.78, 5) is 11.4. The van der Waals surface area contributed by atoms with E-state index in [1.54, 1.807) is 0 Å². The molecule has 0 aromatic carbocycles. The predicted molar refractivity (Wildman–Crippen MR) is 63.6 cm³/mol. The molecule has 3 unspecified atom stereocenters. The first-order valence-corrected chi connectivity index (χ1v) is 6.01. The van der Waals surface area contributed by atoms with Crippen molar-refractivity contribution in [2.24, 2.45) is 0 Å². The van der Waals surface area contributed by atoms with Crippen LogP contribution in [0.15, 0.2) is 12.4 Å². The molecule has 0 aliphatic carbocycles. The fourth-order valence-electron chi connectivity index (χ4n) is 1.99. The minimum absolute atomic E-state index is 0.138. The van der Waals surface area contributed by atoms with Crippen molar-refractivity contribution in [3.8, 4) is 0 Å². The van der Waals surface area contributed by atoms with Crippen molar-refractivity contribution in [3.63, 3.8) is 0 Å². The van der Waals surface area contributed by atoms with Crippen molar-refractivity contribution >= 4 is 5.97 Å². The molecule has 1 aromatic heterocycles. The lowest BCUT2D eigenvalue weighted by atomic mass is 10.1. The number of cyclic esters (lactones) is 1. The van der Waals surface area contributed by atoms with Crippen molar-refractivity contribution in [3.05, 3.63) is 18.0 Å². The zero-order valence-corrected chi connectivity index (χ0v) is 10.5. The summed E-state index contributed by atoms with van der Waals surface area (Å²) in [7, 11) is 0. The SMILES string of the molecule is Cc1cnn(C(C)C(C)NC2CCOC2=O)c1. The highest BCUT2D eigenvalue weighted by Crippen LogP contribution is 2.14. The molecule has 2 heterocycles. The van der Waals surface area contributed by atoms with Crippen molar-refractivity contribution in [2.45, 2.75) is 45.3 Å². The van der Waals surface area contributed by atoms with E-state index in [0.717, 1.165) is 12.0 Å². The number of ether oxygens (including phenoxy) is 1. The van der Waals surface area contributed by atoms with Crippen LogP contribution in [0.3, 0.4) is 0 Å². The monoisotopic (exact) mass is 237 g/mol. The summed E-state index contributed by atoms with van der Waals surface area (Å²) in [5.74, 6) is -0.138. The number of hydrogen-bond acceptors (Lipinski definition) is 4. The molecule has 2 rings (SSSR count). The minimum atomic E-state index is -0.163. The Morgan fingerprint density at radius 3 is 2.88 bits per heavy atom. The van der Waals surface area contributed by atoms with Gasteiger partial charge in [-0.05, 0) is 26.3 Å². The van der Waals surface area contributed by atoms with Gasteiger partial charge in [0.1, 0.15) is 6.04 Å². The van der Waals surface area contributed by atoms with Gasteiger partial charge in [0.15, 0.2) is 0 Å². The number of nitrogens with zero attached hydrogens (tertiary/aromatic N) is 2. The zero-order chi connectivity index (χ0) is 12.4. The van der Waals surface area contributed by atoms with E-state index in [-0.39, 0.29) is 24.1 Å². The topological polar surface area (TPSA) is 56.1 Å². The van der Waals surface area contributed by atoms with Crippen LogP contribution in [0.2, 0.25) is 0 Å². The molecule has 1 saturated heterocycles. The summed E-state index contributed by atoms with van der Waals surface area (Å²) in [5.41, 5.74) is 1.14. The normalized spacial score (nSPS) is 23.5. The molecule has 3 atom stereocenters. The van der Waals surface area contributed by atoms with Gasteiger partial charge < -0.3 is 4.74 Å². The molecule has 0 saturated carbocycles. The van der Waals surface area contributed by atoms with Gasteiger partial charge in [-0.3, -0.25) is 14.8 Å². The van der Waals surface area contributed by atoms with E-state index in [1.165, 1.54) is 0 Å². The standard InChI is InChI=1S/C12H19N3O2/c1-8-6-13-15(7-8)10(3)9(2)14-11-4-5-17-12(11)16/h6-7,9-11,14H,4-5H2,1-3H3. The van der Waals surface area contributed by atoms with Crippen LogP contribution < -0.4 is 5.32 Å². The van der Waals surface area contributed by atoms with E-state index in [0.29, 0.717) is 6.61 Å². The molecule has 94 valence electrons. The Kier molecular flexibility index (Phi) is 3.47. The Hall–Kier alpha value is -1.36. The number of rotatable bonds is 4. The highest BCUT2D eigenvalue weighted by molar-refractivity contribution is 5.77. The number of carbonyl (C=O) groups is 1. The highest BCUT2D eigenvalue weighted by atomic mass is 16.5. The van der Waals surface area contributed by atoms with Crippen LogP contribution in [-0.4, -0.2) is 34.4 Å². The molecule has 1 aliphatic rings. The Bertz CT molecular complexity index is 402. The maximum Gasteiger partial charge on any atom is 0.323 e. The Morgan fingerprint density at radius 2 is 2.35 bits per heavy atom. The number of aryl methyl sites for hydroxylation is 1. The largest absolute Gasteiger partial charge is 0.464 e. The third-order valence-corrected chi connectivity index (χ3v) is 3.27. The lowest BCUT2D eigenvalue weighted by molar-refractivity contribution is -0.139. The van der Waals surface area contributed by atoms with Crippen LogP contribution in [0.4, 0.5) is 0 Å². The number of esters is 1. The van der Waals surface area contributed by atoms with Gasteiger partial charge in [-0.25, -0.2) is 0 Å². The molecule has 5 nitrogen and oxygen atoms in total. The first-order chi connectivity index (χ1) is 8.08. The van der Waals surface area contributed by atoms with Gasteiger partial charge in [-0.1, -0.05) is 0 Å². The average molecular weight is 237 g/mol. The second kappa shape index (κ2) is 4.87. The summed E-state index contributed by atoms with van der Waals surface area (Å²) in [6.45, 7) is 6.69. The van der Waals surface area contributed by atoms with Crippen LogP contribution in [-0.2, 0) is 9.53 Å². The van der Waals surface area contributed by atoms with Gasteiger partial charge in [0.25, 0.3) is 0 Å². The summed E-state index contributed by atoms with van der Waals surface area (Å²) >= 11 is 0. The second-order valence-electron chi connectivity index (χ2n) is 4.70. The second-order valence-corrected chi connectivity index (χ2v) is 4.70. The summed E-state index contributed by atoms with van der Waals surface area (Å²) in [5, 5.41) is 7.59. The Labute approximate surface area is 101 Å². The number of hydrogen-bond donors (Lipinski definition) is 1. The third kappa shape index (κ3) is 2.66.